The molecule has 0 bridgehead atoms. The SMILES string of the molecule is COc1cccc(C2=CCN(C(=O)NC(CC(C)C)C(N)=O)CC2)c1. The molecular weight excluding hydrogens is 318 g/mol. The van der Waals surface area contributed by atoms with Gasteiger partial charge in [-0.2, -0.15) is 0 Å². The molecule has 1 aliphatic rings. The van der Waals surface area contributed by atoms with Crippen molar-refractivity contribution in [1.29, 1.82) is 0 Å². The summed E-state index contributed by atoms with van der Waals surface area (Å²) >= 11 is 0. The fourth-order valence-electron chi connectivity index (χ4n) is 2.90. The van der Waals surface area contributed by atoms with Crippen LogP contribution >= 0.6 is 0 Å². The molecule has 0 radical (unpaired) electrons. The summed E-state index contributed by atoms with van der Waals surface area (Å²) in [5.74, 6) is 0.599. The minimum atomic E-state index is -0.628. The van der Waals surface area contributed by atoms with Gasteiger partial charge in [-0.3, -0.25) is 4.79 Å². The van der Waals surface area contributed by atoms with Crippen LogP contribution in [0.1, 0.15) is 32.3 Å². The maximum atomic E-state index is 12.4. The van der Waals surface area contributed by atoms with E-state index in [4.69, 9.17) is 10.5 Å². The molecule has 1 aromatic rings. The molecule has 1 aromatic carbocycles. The molecule has 0 saturated heterocycles. The van der Waals surface area contributed by atoms with Crippen LogP contribution in [-0.2, 0) is 4.79 Å². The first-order valence-electron chi connectivity index (χ1n) is 8.59. The van der Waals surface area contributed by atoms with Crippen LogP contribution in [0.4, 0.5) is 4.79 Å². The lowest BCUT2D eigenvalue weighted by Crippen LogP contribution is -2.51. The first kappa shape index (κ1) is 18.8. The number of rotatable bonds is 6. The quantitative estimate of drug-likeness (QED) is 0.830. The monoisotopic (exact) mass is 345 g/mol. The average molecular weight is 345 g/mol. The highest BCUT2D eigenvalue weighted by Gasteiger charge is 2.24. The molecule has 25 heavy (non-hydrogen) atoms. The van der Waals surface area contributed by atoms with Crippen molar-refractivity contribution in [3.8, 4) is 5.75 Å². The second kappa shape index (κ2) is 8.55. The summed E-state index contributed by atoms with van der Waals surface area (Å²) in [6.45, 7) is 5.09. The number of hydrogen-bond donors (Lipinski definition) is 2. The van der Waals surface area contributed by atoms with Crippen molar-refractivity contribution in [2.75, 3.05) is 20.2 Å². The van der Waals surface area contributed by atoms with E-state index < -0.39 is 11.9 Å². The molecule has 3 N–H and O–H groups in total. The van der Waals surface area contributed by atoms with Gasteiger partial charge in [0.25, 0.3) is 0 Å². The number of primary amides is 1. The largest absolute Gasteiger partial charge is 0.497 e. The van der Waals surface area contributed by atoms with Crippen molar-refractivity contribution >= 4 is 17.5 Å². The Morgan fingerprint density at radius 3 is 2.68 bits per heavy atom. The maximum absolute atomic E-state index is 12.4. The van der Waals surface area contributed by atoms with Gasteiger partial charge in [0.15, 0.2) is 0 Å². The standard InChI is InChI=1S/C19H27N3O3/c1-13(2)11-17(18(20)23)21-19(24)22-9-7-14(8-10-22)15-5-4-6-16(12-15)25-3/h4-7,12-13,17H,8-11H2,1-3H3,(H2,20,23)(H,21,24). The lowest BCUT2D eigenvalue weighted by molar-refractivity contribution is -0.120. The van der Waals surface area contributed by atoms with Gasteiger partial charge in [0.05, 0.1) is 7.11 Å². The lowest BCUT2D eigenvalue weighted by atomic mass is 9.99. The van der Waals surface area contributed by atoms with Crippen molar-refractivity contribution in [1.82, 2.24) is 10.2 Å². The van der Waals surface area contributed by atoms with E-state index in [1.807, 2.05) is 44.2 Å². The van der Waals surface area contributed by atoms with E-state index in [2.05, 4.69) is 5.32 Å². The Labute approximate surface area is 149 Å². The smallest absolute Gasteiger partial charge is 0.318 e. The third kappa shape index (κ3) is 5.24. The molecule has 1 atom stereocenters. The molecule has 0 aliphatic carbocycles. The number of nitrogens with two attached hydrogens (primary N) is 1. The maximum Gasteiger partial charge on any atom is 0.318 e. The molecule has 0 aromatic heterocycles. The third-order valence-corrected chi connectivity index (χ3v) is 4.29. The summed E-state index contributed by atoms with van der Waals surface area (Å²) in [7, 11) is 1.65. The summed E-state index contributed by atoms with van der Waals surface area (Å²) in [4.78, 5) is 25.6. The van der Waals surface area contributed by atoms with E-state index in [1.54, 1.807) is 12.0 Å². The zero-order chi connectivity index (χ0) is 18.4. The summed E-state index contributed by atoms with van der Waals surface area (Å²) in [6, 6.07) is 7.02. The predicted octanol–water partition coefficient (Wildman–Crippen LogP) is 2.39. The van der Waals surface area contributed by atoms with Gasteiger partial charge >= 0.3 is 6.03 Å². The van der Waals surface area contributed by atoms with Gasteiger partial charge in [-0.1, -0.05) is 32.1 Å². The van der Waals surface area contributed by atoms with Crippen LogP contribution < -0.4 is 15.8 Å². The van der Waals surface area contributed by atoms with Crippen LogP contribution in [-0.4, -0.2) is 43.1 Å². The fraction of sp³-hybridized carbons (Fsp3) is 0.474. The lowest BCUT2D eigenvalue weighted by Gasteiger charge is -2.29. The number of nitrogens with zero attached hydrogens (tertiary/aromatic N) is 1. The number of ether oxygens (including phenoxy) is 1. The Bertz CT molecular complexity index is 655. The summed E-state index contributed by atoms with van der Waals surface area (Å²) < 4.78 is 5.26. The van der Waals surface area contributed by atoms with Crippen molar-refractivity contribution in [2.24, 2.45) is 11.7 Å². The van der Waals surface area contributed by atoms with E-state index in [-0.39, 0.29) is 11.9 Å². The summed E-state index contributed by atoms with van der Waals surface area (Å²) in [5.41, 5.74) is 7.69. The fourth-order valence-corrected chi connectivity index (χ4v) is 2.90. The number of carbonyl (C=O) groups is 2. The molecule has 6 heteroatoms. The van der Waals surface area contributed by atoms with Gasteiger partial charge < -0.3 is 20.7 Å². The van der Waals surface area contributed by atoms with Gasteiger partial charge in [0.1, 0.15) is 11.8 Å². The van der Waals surface area contributed by atoms with E-state index in [0.717, 1.165) is 17.7 Å². The molecule has 0 fully saturated rings. The predicted molar refractivity (Wildman–Crippen MR) is 98.1 cm³/mol. The minimum absolute atomic E-state index is 0.245. The number of benzene rings is 1. The number of hydrogen-bond acceptors (Lipinski definition) is 3. The van der Waals surface area contributed by atoms with E-state index in [9.17, 15) is 9.59 Å². The normalized spacial score (nSPS) is 15.5. The van der Waals surface area contributed by atoms with Crippen LogP contribution in [0.15, 0.2) is 30.3 Å². The van der Waals surface area contributed by atoms with E-state index in [0.29, 0.717) is 19.5 Å². The number of methoxy groups -OCH3 is 1. The highest BCUT2D eigenvalue weighted by atomic mass is 16.5. The molecule has 3 amide bonds. The number of amides is 3. The van der Waals surface area contributed by atoms with Crippen molar-refractivity contribution in [2.45, 2.75) is 32.7 Å². The van der Waals surface area contributed by atoms with Crippen LogP contribution in [0.2, 0.25) is 0 Å². The molecule has 0 spiro atoms. The average Bonchev–Trinajstić information content (AvgIpc) is 2.60. The molecule has 1 aliphatic heterocycles. The number of nitrogens with one attached hydrogen (secondary N) is 1. The van der Waals surface area contributed by atoms with Gasteiger partial charge in [-0.25, -0.2) is 4.79 Å². The second-order valence-electron chi connectivity index (χ2n) is 6.69. The highest BCUT2D eigenvalue weighted by molar-refractivity contribution is 5.86. The molecule has 1 heterocycles. The second-order valence-corrected chi connectivity index (χ2v) is 6.69. The number of urea groups is 1. The molecule has 6 nitrogen and oxygen atoms in total. The number of carbonyl (C=O) groups excluding carboxylic acids is 2. The van der Waals surface area contributed by atoms with Crippen LogP contribution in [0.3, 0.4) is 0 Å². The molecular formula is C19H27N3O3. The van der Waals surface area contributed by atoms with Crippen molar-refractivity contribution in [3.05, 3.63) is 35.9 Å². The van der Waals surface area contributed by atoms with E-state index >= 15 is 0 Å². The summed E-state index contributed by atoms with van der Waals surface area (Å²) in [6.07, 6.45) is 3.34. The van der Waals surface area contributed by atoms with Crippen LogP contribution in [0.5, 0.6) is 5.75 Å². The van der Waals surface area contributed by atoms with Crippen LogP contribution in [0.25, 0.3) is 5.57 Å². The van der Waals surface area contributed by atoms with Crippen molar-refractivity contribution in [3.63, 3.8) is 0 Å². The third-order valence-electron chi connectivity index (χ3n) is 4.29. The Hall–Kier alpha value is -2.50. The van der Waals surface area contributed by atoms with Gasteiger partial charge in [-0.05, 0) is 42.0 Å². The van der Waals surface area contributed by atoms with E-state index in [1.165, 1.54) is 5.57 Å². The molecule has 1 unspecified atom stereocenters. The molecule has 136 valence electrons. The first-order chi connectivity index (χ1) is 11.9. The Morgan fingerprint density at radius 2 is 2.12 bits per heavy atom. The van der Waals surface area contributed by atoms with Crippen molar-refractivity contribution < 1.29 is 14.3 Å². The Kier molecular flexibility index (Phi) is 6.44. The molecule has 0 saturated carbocycles. The van der Waals surface area contributed by atoms with Gasteiger partial charge in [0.2, 0.25) is 5.91 Å². The summed E-state index contributed by atoms with van der Waals surface area (Å²) in [5, 5.41) is 2.75. The molecule has 2 rings (SSSR count). The van der Waals surface area contributed by atoms with Gasteiger partial charge in [-0.15, -0.1) is 0 Å². The highest BCUT2D eigenvalue weighted by Crippen LogP contribution is 2.25. The zero-order valence-corrected chi connectivity index (χ0v) is 15.1. The van der Waals surface area contributed by atoms with Gasteiger partial charge in [0, 0.05) is 13.1 Å². The Morgan fingerprint density at radius 1 is 1.36 bits per heavy atom. The topological polar surface area (TPSA) is 84.7 Å². The Balaban J connectivity index is 1.98. The first-order valence-corrected chi connectivity index (χ1v) is 8.59. The zero-order valence-electron chi connectivity index (χ0n) is 15.1. The minimum Gasteiger partial charge on any atom is -0.497 e. The van der Waals surface area contributed by atoms with Crippen LogP contribution in [0, 0.1) is 5.92 Å².